The van der Waals surface area contributed by atoms with Crippen LogP contribution < -0.4 is 10.1 Å². The van der Waals surface area contributed by atoms with Crippen molar-refractivity contribution in [1.82, 2.24) is 9.62 Å². The number of fused-ring (bicyclic) bond motifs is 1. The van der Waals surface area contributed by atoms with Gasteiger partial charge in [0.15, 0.2) is 0 Å². The first-order chi connectivity index (χ1) is 15.8. The molecule has 6 nitrogen and oxygen atoms in total. The zero-order valence-electron chi connectivity index (χ0n) is 19.7. The summed E-state index contributed by atoms with van der Waals surface area (Å²) in [6.45, 7) is 7.40. The molecule has 2 aliphatic rings. The number of benzene rings is 2. The van der Waals surface area contributed by atoms with Crippen molar-refractivity contribution in [2.75, 3.05) is 13.1 Å². The minimum Gasteiger partial charge on any atom is -0.487 e. The van der Waals surface area contributed by atoms with Crippen LogP contribution in [-0.4, -0.2) is 37.3 Å². The third kappa shape index (κ3) is 4.80. The van der Waals surface area contributed by atoms with Gasteiger partial charge in [-0.15, -0.1) is 0 Å². The van der Waals surface area contributed by atoms with E-state index in [9.17, 15) is 13.2 Å². The van der Waals surface area contributed by atoms with Gasteiger partial charge in [-0.2, -0.15) is 4.31 Å². The smallest absolute Gasteiger partial charge is 0.251 e. The van der Waals surface area contributed by atoms with Crippen LogP contribution in [0.1, 0.15) is 74.8 Å². The van der Waals surface area contributed by atoms with E-state index in [0.717, 1.165) is 37.0 Å². The molecular formula is C26H34N2O4S. The Hall–Kier alpha value is -2.38. The van der Waals surface area contributed by atoms with Gasteiger partial charge in [0.1, 0.15) is 11.4 Å². The fraction of sp³-hybridized carbons (Fsp3) is 0.500. The zero-order chi connectivity index (χ0) is 23.6. The Morgan fingerprint density at radius 1 is 1.09 bits per heavy atom. The molecule has 178 valence electrons. The van der Waals surface area contributed by atoms with Crippen molar-refractivity contribution in [1.29, 1.82) is 0 Å². The number of carbonyl (C=O) groups is 1. The van der Waals surface area contributed by atoms with E-state index in [2.05, 4.69) is 26.1 Å². The highest BCUT2D eigenvalue weighted by molar-refractivity contribution is 7.89. The summed E-state index contributed by atoms with van der Waals surface area (Å²) in [7, 11) is -3.62. The van der Waals surface area contributed by atoms with Gasteiger partial charge in [-0.1, -0.05) is 45.0 Å². The van der Waals surface area contributed by atoms with Gasteiger partial charge in [-0.3, -0.25) is 4.79 Å². The Morgan fingerprint density at radius 2 is 1.79 bits per heavy atom. The lowest BCUT2D eigenvalue weighted by Gasteiger charge is -2.41. The summed E-state index contributed by atoms with van der Waals surface area (Å²) in [5.74, 6) is 1.06. The number of hydrogen-bond donors (Lipinski definition) is 1. The number of nitrogens with one attached hydrogen (secondary N) is 1. The predicted molar refractivity (Wildman–Crippen MR) is 129 cm³/mol. The van der Waals surface area contributed by atoms with E-state index in [1.165, 1.54) is 10.4 Å². The molecule has 1 saturated heterocycles. The summed E-state index contributed by atoms with van der Waals surface area (Å²) in [6.07, 6.45) is 4.07. The lowest BCUT2D eigenvalue weighted by Crippen LogP contribution is -2.44. The normalized spacial score (nSPS) is 21.1. The fourth-order valence-corrected chi connectivity index (χ4v) is 6.36. The fourth-order valence-electron chi connectivity index (χ4n) is 4.84. The zero-order valence-corrected chi connectivity index (χ0v) is 20.5. The SMILES string of the molecule is CCC1(CC)CC(NC(=O)c2cccc(S(=O)(=O)N3CCC(C)CC3)c2)c2ccccc2O1. The molecule has 0 bridgehead atoms. The molecule has 4 rings (SSSR count). The van der Waals surface area contributed by atoms with Crippen LogP contribution in [0, 0.1) is 5.92 Å². The molecule has 1 atom stereocenters. The summed E-state index contributed by atoms with van der Waals surface area (Å²) >= 11 is 0. The van der Waals surface area contributed by atoms with Crippen molar-refractivity contribution in [2.45, 2.75) is 69.4 Å². The number of ether oxygens (including phenoxy) is 1. The molecule has 2 aromatic carbocycles. The van der Waals surface area contributed by atoms with Crippen LogP contribution in [0.2, 0.25) is 0 Å². The molecule has 0 saturated carbocycles. The highest BCUT2D eigenvalue weighted by Crippen LogP contribution is 2.42. The molecule has 2 aromatic rings. The van der Waals surface area contributed by atoms with Gasteiger partial charge in [0, 0.05) is 30.6 Å². The molecule has 0 aliphatic carbocycles. The number of amides is 1. The molecule has 2 heterocycles. The monoisotopic (exact) mass is 470 g/mol. The summed E-state index contributed by atoms with van der Waals surface area (Å²) in [5.41, 5.74) is 0.974. The molecule has 33 heavy (non-hydrogen) atoms. The Labute approximate surface area is 197 Å². The van der Waals surface area contributed by atoms with Crippen LogP contribution >= 0.6 is 0 Å². The number of rotatable bonds is 6. The van der Waals surface area contributed by atoms with Crippen LogP contribution in [0.3, 0.4) is 0 Å². The second-order valence-corrected chi connectivity index (χ2v) is 11.3. The predicted octanol–water partition coefficient (Wildman–Crippen LogP) is 4.92. The maximum Gasteiger partial charge on any atom is 0.251 e. The van der Waals surface area contributed by atoms with E-state index in [1.54, 1.807) is 18.2 Å². The van der Waals surface area contributed by atoms with Gasteiger partial charge < -0.3 is 10.1 Å². The largest absolute Gasteiger partial charge is 0.487 e. The van der Waals surface area contributed by atoms with Gasteiger partial charge in [0.05, 0.1) is 10.9 Å². The lowest BCUT2D eigenvalue weighted by atomic mass is 9.83. The Bertz CT molecular complexity index is 1100. The molecule has 0 spiro atoms. The number of hydrogen-bond acceptors (Lipinski definition) is 4. The molecule has 1 fully saturated rings. The van der Waals surface area contributed by atoms with Gasteiger partial charge in [0.25, 0.3) is 5.91 Å². The Kier molecular flexibility index (Phi) is 6.82. The molecule has 1 N–H and O–H groups in total. The maximum atomic E-state index is 13.2. The summed E-state index contributed by atoms with van der Waals surface area (Å²) in [4.78, 5) is 13.4. The van der Waals surface area contributed by atoms with Gasteiger partial charge in [0.2, 0.25) is 10.0 Å². The Morgan fingerprint density at radius 3 is 2.48 bits per heavy atom. The van der Waals surface area contributed by atoms with E-state index in [1.807, 2.05) is 24.3 Å². The third-order valence-corrected chi connectivity index (χ3v) is 9.16. The van der Waals surface area contributed by atoms with Crippen molar-refractivity contribution < 1.29 is 17.9 Å². The van der Waals surface area contributed by atoms with E-state index < -0.39 is 10.0 Å². The summed E-state index contributed by atoms with van der Waals surface area (Å²) in [5, 5.41) is 3.15. The number of sulfonamides is 1. The quantitative estimate of drug-likeness (QED) is 0.650. The van der Waals surface area contributed by atoms with Gasteiger partial charge in [-0.25, -0.2) is 8.42 Å². The third-order valence-electron chi connectivity index (χ3n) is 7.27. The average molecular weight is 471 g/mol. The van der Waals surface area contributed by atoms with Crippen molar-refractivity contribution in [2.24, 2.45) is 5.92 Å². The van der Waals surface area contributed by atoms with Crippen molar-refractivity contribution in [3.8, 4) is 5.75 Å². The first kappa shape index (κ1) is 23.8. The van der Waals surface area contributed by atoms with Crippen molar-refractivity contribution in [3.63, 3.8) is 0 Å². The van der Waals surface area contributed by atoms with Crippen LogP contribution in [-0.2, 0) is 10.0 Å². The van der Waals surface area contributed by atoms with Gasteiger partial charge >= 0.3 is 0 Å². The number of piperidine rings is 1. The number of carbonyl (C=O) groups excluding carboxylic acids is 1. The van der Waals surface area contributed by atoms with Crippen molar-refractivity contribution >= 4 is 15.9 Å². The van der Waals surface area contributed by atoms with E-state index in [4.69, 9.17) is 4.74 Å². The van der Waals surface area contributed by atoms with E-state index in [0.29, 0.717) is 31.0 Å². The number of nitrogens with zero attached hydrogens (tertiary/aromatic N) is 1. The molecule has 1 amide bonds. The topological polar surface area (TPSA) is 75.7 Å². The number of para-hydroxylation sites is 1. The minimum atomic E-state index is -3.62. The highest BCUT2D eigenvalue weighted by Gasteiger charge is 2.39. The van der Waals surface area contributed by atoms with Crippen LogP contribution in [0.15, 0.2) is 53.4 Å². The van der Waals surface area contributed by atoms with Crippen molar-refractivity contribution in [3.05, 3.63) is 59.7 Å². The van der Waals surface area contributed by atoms with Gasteiger partial charge in [-0.05, 0) is 55.9 Å². The van der Waals surface area contributed by atoms with Crippen LogP contribution in [0.5, 0.6) is 5.75 Å². The first-order valence-electron chi connectivity index (χ1n) is 12.0. The van der Waals surface area contributed by atoms with Crippen LogP contribution in [0.25, 0.3) is 0 Å². The first-order valence-corrected chi connectivity index (χ1v) is 13.4. The molecule has 7 heteroatoms. The second kappa shape index (κ2) is 9.47. The van der Waals surface area contributed by atoms with E-state index in [-0.39, 0.29) is 22.4 Å². The standard InChI is InChI=1S/C26H34N2O4S/c1-4-26(5-2)18-23(22-11-6-7-12-24(22)32-26)27-25(29)20-9-8-10-21(17-20)33(30,31)28-15-13-19(3)14-16-28/h6-12,17,19,23H,4-5,13-16,18H2,1-3H3,(H,27,29). The molecule has 0 aromatic heterocycles. The van der Waals surface area contributed by atoms with Crippen LogP contribution in [0.4, 0.5) is 0 Å². The van der Waals surface area contributed by atoms with E-state index >= 15 is 0 Å². The second-order valence-electron chi connectivity index (χ2n) is 9.37. The minimum absolute atomic E-state index is 0.175. The maximum absolute atomic E-state index is 13.2. The molecular weight excluding hydrogens is 436 g/mol. The Balaban J connectivity index is 1.57. The molecule has 2 aliphatic heterocycles. The molecule has 0 radical (unpaired) electrons. The summed E-state index contributed by atoms with van der Waals surface area (Å²) < 4.78 is 34.2. The average Bonchev–Trinajstić information content (AvgIpc) is 2.84. The highest BCUT2D eigenvalue weighted by atomic mass is 32.2. The lowest BCUT2D eigenvalue weighted by molar-refractivity contribution is 0.0227. The summed E-state index contributed by atoms with van der Waals surface area (Å²) in [6, 6.07) is 14.0. The molecule has 1 unspecified atom stereocenters.